The van der Waals surface area contributed by atoms with E-state index in [1.807, 2.05) is 63.2 Å². The Kier molecular flexibility index (Phi) is 5.89. The van der Waals surface area contributed by atoms with Gasteiger partial charge >= 0.3 is 0 Å². The van der Waals surface area contributed by atoms with E-state index >= 15 is 0 Å². The number of aromatic nitrogens is 1. The molecule has 0 spiro atoms. The molecule has 0 fully saturated rings. The first-order valence-corrected chi connectivity index (χ1v) is 9.90. The van der Waals surface area contributed by atoms with E-state index in [-0.39, 0.29) is 24.0 Å². The second-order valence-corrected chi connectivity index (χ2v) is 8.62. The molecule has 0 aliphatic rings. The molecule has 5 nitrogen and oxygen atoms in total. The Bertz CT molecular complexity index is 1020. The maximum absolute atomic E-state index is 13.0. The fraction of sp³-hybridized carbons (Fsp3) is 0.333. The zero-order valence-electron chi connectivity index (χ0n) is 17.7. The van der Waals surface area contributed by atoms with Crippen molar-refractivity contribution in [3.05, 3.63) is 65.4 Å². The van der Waals surface area contributed by atoms with Crippen LogP contribution in [0.15, 0.2) is 48.7 Å². The minimum atomic E-state index is -0.361. The number of nitrogens with one attached hydrogen (secondary N) is 2. The summed E-state index contributed by atoms with van der Waals surface area (Å²) in [6.07, 6.45) is 1.60. The number of rotatable bonds is 5. The van der Waals surface area contributed by atoms with Gasteiger partial charge in [-0.25, -0.2) is 0 Å². The highest BCUT2D eigenvalue weighted by Crippen LogP contribution is 2.33. The lowest BCUT2D eigenvalue weighted by Gasteiger charge is -2.23. The van der Waals surface area contributed by atoms with Gasteiger partial charge in [-0.05, 0) is 62.1 Å². The number of hydrogen-bond donors (Lipinski definition) is 3. The molecule has 0 aliphatic carbocycles. The number of carbonyl (C=O) groups excluding carboxylic acids is 1. The number of aliphatic hydroxyl groups is 1. The summed E-state index contributed by atoms with van der Waals surface area (Å²) >= 11 is 0. The molecule has 0 aliphatic heterocycles. The minimum Gasteiger partial charge on any atom is -0.392 e. The highest BCUT2D eigenvalue weighted by Gasteiger charge is 2.21. The largest absolute Gasteiger partial charge is 0.392 e. The van der Waals surface area contributed by atoms with Crippen LogP contribution in [0.25, 0.3) is 10.9 Å². The summed E-state index contributed by atoms with van der Waals surface area (Å²) in [5.74, 6) is 0.0563. The molecule has 0 radical (unpaired) electrons. The lowest BCUT2D eigenvalue weighted by Crippen LogP contribution is -2.40. The average Bonchev–Trinajstić information content (AvgIpc) is 2.66. The van der Waals surface area contributed by atoms with Gasteiger partial charge in [0.1, 0.15) is 0 Å². The zero-order chi connectivity index (χ0) is 21.2. The highest BCUT2D eigenvalue weighted by atomic mass is 16.3. The third-order valence-electron chi connectivity index (χ3n) is 4.70. The molecule has 1 aromatic heterocycles. The molecular weight excluding hydrogens is 362 g/mol. The first kappa shape index (κ1) is 20.8. The Morgan fingerprint density at radius 3 is 2.41 bits per heavy atom. The summed E-state index contributed by atoms with van der Waals surface area (Å²) in [7, 11) is 0. The van der Waals surface area contributed by atoms with Gasteiger partial charge in [0.25, 0.3) is 5.91 Å². The second-order valence-electron chi connectivity index (χ2n) is 8.62. The maximum atomic E-state index is 13.0. The second kappa shape index (κ2) is 8.21. The summed E-state index contributed by atoms with van der Waals surface area (Å²) in [5, 5.41) is 17.1. The van der Waals surface area contributed by atoms with Crippen molar-refractivity contribution in [3.8, 4) is 0 Å². The van der Waals surface area contributed by atoms with Gasteiger partial charge in [0.15, 0.2) is 0 Å². The van der Waals surface area contributed by atoms with Crippen molar-refractivity contribution in [2.75, 3.05) is 5.32 Å². The number of anilines is 2. The molecule has 2 aromatic carbocycles. The van der Waals surface area contributed by atoms with E-state index in [2.05, 4.69) is 29.5 Å². The van der Waals surface area contributed by atoms with Crippen molar-refractivity contribution in [3.63, 3.8) is 0 Å². The van der Waals surface area contributed by atoms with Gasteiger partial charge in [0.05, 0.1) is 23.4 Å². The molecule has 3 aromatic rings. The molecule has 3 rings (SSSR count). The van der Waals surface area contributed by atoms with Gasteiger partial charge < -0.3 is 15.7 Å². The summed E-state index contributed by atoms with van der Waals surface area (Å²) in [6, 6.07) is 13.7. The highest BCUT2D eigenvalue weighted by molar-refractivity contribution is 6.08. The Balaban J connectivity index is 2.24. The molecule has 1 amide bonds. The van der Waals surface area contributed by atoms with E-state index in [1.54, 1.807) is 6.20 Å². The molecule has 29 heavy (non-hydrogen) atoms. The van der Waals surface area contributed by atoms with Gasteiger partial charge in [-0.3, -0.25) is 9.78 Å². The number of hydrogen-bond acceptors (Lipinski definition) is 4. The number of nitrogens with zero attached hydrogens (tertiary/aromatic N) is 1. The summed E-state index contributed by atoms with van der Waals surface area (Å²) < 4.78 is 0. The quantitative estimate of drug-likeness (QED) is 0.564. The molecule has 152 valence electrons. The molecule has 0 saturated heterocycles. The first-order chi connectivity index (χ1) is 13.7. The third kappa shape index (κ3) is 4.74. The molecule has 3 N–H and O–H groups in total. The Hall–Kier alpha value is -2.92. The van der Waals surface area contributed by atoms with Crippen molar-refractivity contribution in [1.82, 2.24) is 10.3 Å². The van der Waals surface area contributed by atoms with Crippen molar-refractivity contribution >= 4 is 28.2 Å². The van der Waals surface area contributed by atoms with Crippen LogP contribution < -0.4 is 10.6 Å². The number of amides is 1. The number of aliphatic hydroxyl groups excluding tert-OH is 1. The summed E-state index contributed by atoms with van der Waals surface area (Å²) in [5.41, 5.74) is 4.38. The van der Waals surface area contributed by atoms with Crippen molar-refractivity contribution < 1.29 is 9.90 Å². The van der Waals surface area contributed by atoms with E-state index in [0.29, 0.717) is 11.3 Å². The van der Waals surface area contributed by atoms with E-state index in [1.165, 1.54) is 0 Å². The Labute approximate surface area is 172 Å². The molecular formula is C24H29N3O2. The van der Waals surface area contributed by atoms with Crippen LogP contribution in [0, 0.1) is 0 Å². The van der Waals surface area contributed by atoms with Crippen molar-refractivity contribution in [2.45, 2.75) is 52.7 Å². The van der Waals surface area contributed by atoms with Gasteiger partial charge in [-0.1, -0.05) is 32.0 Å². The topological polar surface area (TPSA) is 74.2 Å². The average molecular weight is 392 g/mol. The number of pyridine rings is 1. The van der Waals surface area contributed by atoms with Crippen molar-refractivity contribution in [1.29, 1.82) is 0 Å². The normalized spacial score (nSPS) is 11.7. The van der Waals surface area contributed by atoms with E-state index in [4.69, 9.17) is 0 Å². The van der Waals surface area contributed by atoms with Gasteiger partial charge in [-0.15, -0.1) is 0 Å². The van der Waals surface area contributed by atoms with Crippen LogP contribution in [-0.2, 0) is 6.61 Å². The van der Waals surface area contributed by atoms with Gasteiger partial charge in [-0.2, -0.15) is 0 Å². The van der Waals surface area contributed by atoms with Crippen LogP contribution in [0.4, 0.5) is 11.4 Å². The van der Waals surface area contributed by atoms with Crippen LogP contribution in [0.2, 0.25) is 0 Å². The standard InChI is InChI=1S/C24H29N3O2/c1-15(2)18-12-19-21(11-16(18)14-28)25-13-20(23(29)27-24(3,4)5)22(19)26-17-9-7-6-8-10-17/h6-13,15,28H,14H2,1-5H3,(H,25,26)(H,27,29). The predicted molar refractivity (Wildman–Crippen MR) is 119 cm³/mol. The fourth-order valence-corrected chi connectivity index (χ4v) is 3.35. The maximum Gasteiger partial charge on any atom is 0.255 e. The van der Waals surface area contributed by atoms with Crippen LogP contribution >= 0.6 is 0 Å². The van der Waals surface area contributed by atoms with Gasteiger partial charge in [0.2, 0.25) is 0 Å². The lowest BCUT2D eigenvalue weighted by molar-refractivity contribution is 0.0920. The van der Waals surface area contributed by atoms with Crippen LogP contribution in [0.3, 0.4) is 0 Å². The monoisotopic (exact) mass is 391 g/mol. The Morgan fingerprint density at radius 1 is 1.14 bits per heavy atom. The SMILES string of the molecule is CC(C)c1cc2c(Nc3ccccc3)c(C(=O)NC(C)(C)C)cnc2cc1CO. The molecule has 1 heterocycles. The molecule has 0 unspecified atom stereocenters. The number of benzene rings is 2. The van der Waals surface area contributed by atoms with Crippen molar-refractivity contribution in [2.24, 2.45) is 0 Å². The Morgan fingerprint density at radius 2 is 1.83 bits per heavy atom. The molecule has 0 bridgehead atoms. The van der Waals surface area contributed by atoms with E-state index in [9.17, 15) is 9.90 Å². The number of fused-ring (bicyclic) bond motifs is 1. The first-order valence-electron chi connectivity index (χ1n) is 9.90. The smallest absolute Gasteiger partial charge is 0.255 e. The molecule has 0 atom stereocenters. The molecule has 5 heteroatoms. The predicted octanol–water partition coefficient (Wildman–Crippen LogP) is 5.12. The van der Waals surface area contributed by atoms with Gasteiger partial charge in [0, 0.05) is 22.8 Å². The van der Waals surface area contributed by atoms with Crippen LogP contribution in [0.1, 0.15) is 62.0 Å². The van der Waals surface area contributed by atoms with E-state index < -0.39 is 0 Å². The van der Waals surface area contributed by atoms with Crippen LogP contribution in [-0.4, -0.2) is 21.5 Å². The number of carbonyl (C=O) groups is 1. The summed E-state index contributed by atoms with van der Waals surface area (Å²) in [4.78, 5) is 17.6. The fourth-order valence-electron chi connectivity index (χ4n) is 3.35. The van der Waals surface area contributed by atoms with Crippen LogP contribution in [0.5, 0.6) is 0 Å². The third-order valence-corrected chi connectivity index (χ3v) is 4.70. The zero-order valence-corrected chi connectivity index (χ0v) is 17.7. The lowest BCUT2D eigenvalue weighted by atomic mass is 9.94. The number of para-hydroxylation sites is 1. The minimum absolute atomic E-state index is 0.0428. The molecule has 0 saturated carbocycles. The van der Waals surface area contributed by atoms with E-state index in [0.717, 1.165) is 27.7 Å². The summed E-state index contributed by atoms with van der Waals surface area (Å²) in [6.45, 7) is 10.00.